The summed E-state index contributed by atoms with van der Waals surface area (Å²) < 4.78 is 12.5. The minimum atomic E-state index is -0.502. The summed E-state index contributed by atoms with van der Waals surface area (Å²) >= 11 is 0. The molecule has 0 spiro atoms. The van der Waals surface area contributed by atoms with Crippen LogP contribution in [-0.4, -0.2) is 41.4 Å². The van der Waals surface area contributed by atoms with Gasteiger partial charge in [-0.15, -0.1) is 0 Å². The molecule has 0 N–H and O–H groups in total. The molecule has 6 nitrogen and oxygen atoms in total. The lowest BCUT2D eigenvalue weighted by molar-refractivity contribution is 0.0287. The van der Waals surface area contributed by atoms with Gasteiger partial charge in [0.1, 0.15) is 11.4 Å². The van der Waals surface area contributed by atoms with Gasteiger partial charge in [-0.25, -0.2) is 4.79 Å². The Bertz CT molecular complexity index is 866. The van der Waals surface area contributed by atoms with Crippen molar-refractivity contribution in [3.05, 3.63) is 40.7 Å². The first kappa shape index (κ1) is 18.3. The van der Waals surface area contributed by atoms with Gasteiger partial charge in [-0.2, -0.15) is 0 Å². The quantitative estimate of drug-likeness (QED) is 0.845. The van der Waals surface area contributed by atoms with Crippen molar-refractivity contribution in [3.8, 4) is 5.75 Å². The van der Waals surface area contributed by atoms with Crippen molar-refractivity contribution in [2.75, 3.05) is 20.2 Å². The van der Waals surface area contributed by atoms with Crippen molar-refractivity contribution >= 4 is 17.0 Å². The minimum absolute atomic E-state index is 0.0403. The van der Waals surface area contributed by atoms with E-state index in [-0.39, 0.29) is 17.6 Å². The van der Waals surface area contributed by atoms with Gasteiger partial charge in [0.15, 0.2) is 0 Å². The molecule has 0 unspecified atom stereocenters. The van der Waals surface area contributed by atoms with Crippen molar-refractivity contribution in [2.24, 2.45) is 5.92 Å². The fourth-order valence-electron chi connectivity index (χ4n) is 3.32. The number of ether oxygens (including phenoxy) is 2. The highest BCUT2D eigenvalue weighted by Crippen LogP contribution is 2.24. The van der Waals surface area contributed by atoms with E-state index in [9.17, 15) is 9.59 Å². The molecular formula is C20H26N2O4. The van der Waals surface area contributed by atoms with Crippen LogP contribution in [0.2, 0.25) is 0 Å². The molecule has 6 heteroatoms. The van der Waals surface area contributed by atoms with Gasteiger partial charge in [0.05, 0.1) is 12.6 Å². The molecule has 1 fully saturated rings. The average Bonchev–Trinajstić information content (AvgIpc) is 3.04. The molecule has 1 aliphatic heterocycles. The third kappa shape index (κ3) is 4.00. The normalized spacial score (nSPS) is 17.5. The predicted molar refractivity (Wildman–Crippen MR) is 101 cm³/mol. The summed E-state index contributed by atoms with van der Waals surface area (Å²) in [7, 11) is 1.61. The lowest BCUT2D eigenvalue weighted by Crippen LogP contribution is -2.35. The van der Waals surface area contributed by atoms with Gasteiger partial charge >= 0.3 is 6.09 Å². The summed E-state index contributed by atoms with van der Waals surface area (Å²) in [6, 6.07) is 9.14. The number of amides is 1. The van der Waals surface area contributed by atoms with Crippen molar-refractivity contribution in [1.82, 2.24) is 9.47 Å². The molecule has 0 bridgehead atoms. The summed E-state index contributed by atoms with van der Waals surface area (Å²) in [6.45, 7) is 7.41. The molecule has 1 atom stereocenters. The van der Waals surface area contributed by atoms with Crippen LogP contribution in [0.3, 0.4) is 0 Å². The number of fused-ring (bicyclic) bond motifs is 1. The van der Waals surface area contributed by atoms with Crippen LogP contribution in [0.4, 0.5) is 4.79 Å². The molecule has 2 aromatic rings. The number of aromatic nitrogens is 1. The number of nitrogens with zero attached hydrogens (tertiary/aromatic N) is 2. The fourth-order valence-corrected chi connectivity index (χ4v) is 3.32. The van der Waals surface area contributed by atoms with E-state index < -0.39 is 5.60 Å². The first-order valence-electron chi connectivity index (χ1n) is 8.92. The third-order valence-corrected chi connectivity index (χ3v) is 4.58. The van der Waals surface area contributed by atoms with Gasteiger partial charge in [0, 0.05) is 31.8 Å². The number of carbonyl (C=O) groups excluding carboxylic acids is 1. The molecule has 1 aromatic carbocycles. The Labute approximate surface area is 153 Å². The van der Waals surface area contributed by atoms with Crippen LogP contribution >= 0.6 is 0 Å². The number of pyridine rings is 1. The third-order valence-electron chi connectivity index (χ3n) is 4.58. The van der Waals surface area contributed by atoms with Gasteiger partial charge in [-0.05, 0) is 56.7 Å². The summed E-state index contributed by atoms with van der Waals surface area (Å²) in [6.07, 6.45) is 0.568. The maximum atomic E-state index is 12.4. The lowest BCUT2D eigenvalue weighted by Gasteiger charge is -2.24. The van der Waals surface area contributed by atoms with Crippen molar-refractivity contribution in [2.45, 2.75) is 39.3 Å². The second kappa shape index (κ2) is 7.02. The Kier molecular flexibility index (Phi) is 4.94. The standard InChI is InChI=1S/C20H26N2O4/c1-20(2,3)26-19(24)21-10-9-14(12-21)13-22-17-11-16(25-4)7-5-15(17)6-8-18(22)23/h5-8,11,14H,9-10,12-13H2,1-4H3/t14-/m1/s1. The molecule has 0 radical (unpaired) electrons. The van der Waals surface area contributed by atoms with Crippen molar-refractivity contribution < 1.29 is 14.3 Å². The maximum Gasteiger partial charge on any atom is 0.410 e. The second-order valence-electron chi connectivity index (χ2n) is 7.79. The monoisotopic (exact) mass is 358 g/mol. The maximum absolute atomic E-state index is 12.4. The molecule has 3 rings (SSSR count). The van der Waals surface area contributed by atoms with Gasteiger partial charge in [0.25, 0.3) is 5.56 Å². The van der Waals surface area contributed by atoms with Gasteiger partial charge in [-0.3, -0.25) is 4.79 Å². The van der Waals surface area contributed by atoms with Gasteiger partial charge < -0.3 is 18.9 Å². The molecular weight excluding hydrogens is 332 g/mol. The molecule has 26 heavy (non-hydrogen) atoms. The minimum Gasteiger partial charge on any atom is -0.497 e. The van der Waals surface area contributed by atoms with Crippen LogP contribution in [0.1, 0.15) is 27.2 Å². The molecule has 140 valence electrons. The number of methoxy groups -OCH3 is 1. The predicted octanol–water partition coefficient (Wildman–Crippen LogP) is 3.27. The average molecular weight is 358 g/mol. The number of benzene rings is 1. The van der Waals surface area contributed by atoms with Crippen LogP contribution in [0.25, 0.3) is 10.9 Å². The summed E-state index contributed by atoms with van der Waals surface area (Å²) in [4.78, 5) is 26.4. The fraction of sp³-hybridized carbons (Fsp3) is 0.500. The zero-order valence-electron chi connectivity index (χ0n) is 15.8. The van der Waals surface area contributed by atoms with Gasteiger partial charge in [-0.1, -0.05) is 0 Å². The van der Waals surface area contributed by atoms with E-state index >= 15 is 0 Å². The Hall–Kier alpha value is -2.50. The highest BCUT2D eigenvalue weighted by molar-refractivity contribution is 5.80. The number of hydrogen-bond acceptors (Lipinski definition) is 4. The highest BCUT2D eigenvalue weighted by Gasteiger charge is 2.30. The van der Waals surface area contributed by atoms with Crippen LogP contribution in [0.5, 0.6) is 5.75 Å². The molecule has 1 saturated heterocycles. The van der Waals surface area contributed by atoms with E-state index in [1.54, 1.807) is 22.6 Å². The van der Waals surface area contributed by atoms with Crippen LogP contribution in [0.15, 0.2) is 35.1 Å². The molecule has 1 amide bonds. The summed E-state index contributed by atoms with van der Waals surface area (Å²) in [5.41, 5.74) is 0.312. The second-order valence-corrected chi connectivity index (χ2v) is 7.79. The summed E-state index contributed by atoms with van der Waals surface area (Å²) in [5, 5.41) is 0.993. The van der Waals surface area contributed by atoms with E-state index in [2.05, 4.69) is 0 Å². The topological polar surface area (TPSA) is 60.8 Å². The first-order valence-corrected chi connectivity index (χ1v) is 8.92. The summed E-state index contributed by atoms with van der Waals surface area (Å²) in [5.74, 6) is 0.940. The lowest BCUT2D eigenvalue weighted by atomic mass is 10.1. The molecule has 1 aromatic heterocycles. The van der Waals surface area contributed by atoms with E-state index in [0.29, 0.717) is 19.6 Å². The molecule has 0 saturated carbocycles. The number of hydrogen-bond donors (Lipinski definition) is 0. The Morgan fingerprint density at radius 3 is 2.65 bits per heavy atom. The number of likely N-dealkylation sites (tertiary alicyclic amines) is 1. The Morgan fingerprint density at radius 1 is 1.23 bits per heavy atom. The van der Waals surface area contributed by atoms with Crippen LogP contribution in [0, 0.1) is 5.92 Å². The zero-order valence-corrected chi connectivity index (χ0v) is 15.8. The molecule has 0 aliphatic carbocycles. The molecule has 2 heterocycles. The Morgan fingerprint density at radius 2 is 1.96 bits per heavy atom. The highest BCUT2D eigenvalue weighted by atomic mass is 16.6. The molecule has 1 aliphatic rings. The van der Waals surface area contributed by atoms with Crippen LogP contribution in [-0.2, 0) is 11.3 Å². The van der Waals surface area contributed by atoms with E-state index in [4.69, 9.17) is 9.47 Å². The van der Waals surface area contributed by atoms with E-state index in [1.165, 1.54) is 0 Å². The first-order chi connectivity index (χ1) is 12.3. The number of carbonyl (C=O) groups is 1. The Balaban J connectivity index is 1.79. The van der Waals surface area contributed by atoms with Crippen molar-refractivity contribution in [1.29, 1.82) is 0 Å². The smallest absolute Gasteiger partial charge is 0.410 e. The van der Waals surface area contributed by atoms with Crippen molar-refractivity contribution in [3.63, 3.8) is 0 Å². The number of rotatable bonds is 3. The van der Waals surface area contributed by atoms with E-state index in [0.717, 1.165) is 23.1 Å². The SMILES string of the molecule is COc1ccc2ccc(=O)n(C[C@@H]3CCN(C(=O)OC(C)(C)C)C3)c2c1. The largest absolute Gasteiger partial charge is 0.497 e. The van der Waals surface area contributed by atoms with Gasteiger partial charge in [0.2, 0.25) is 0 Å². The zero-order chi connectivity index (χ0) is 18.9. The van der Waals surface area contributed by atoms with Crippen LogP contribution < -0.4 is 10.3 Å². The van der Waals surface area contributed by atoms with E-state index in [1.807, 2.05) is 45.0 Å².